The smallest absolute Gasteiger partial charge is 0.276 e. The molecule has 0 aliphatic carbocycles. The number of unbranched alkanes of at least 4 members (excludes halogenated alkanes) is 3. The lowest BCUT2D eigenvalue weighted by Gasteiger charge is -2.06. The maximum absolute atomic E-state index is 10.6. The molecule has 0 aliphatic heterocycles. The van der Waals surface area contributed by atoms with Crippen LogP contribution >= 0.6 is 0 Å². The van der Waals surface area contributed by atoms with E-state index in [9.17, 15) is 10.1 Å². The molecule has 0 saturated heterocycles. The zero-order valence-corrected chi connectivity index (χ0v) is 10.1. The van der Waals surface area contributed by atoms with Gasteiger partial charge in [0.05, 0.1) is 17.1 Å². The molecule has 1 aromatic heterocycles. The predicted molar refractivity (Wildman–Crippen MR) is 69.3 cm³/mol. The number of aromatic nitrogens is 1. The number of aliphatic hydroxyl groups excluding tert-OH is 1. The minimum absolute atomic E-state index is 0.0646. The van der Waals surface area contributed by atoms with E-state index in [1.54, 1.807) is 0 Å². The molecule has 0 saturated carbocycles. The van der Waals surface area contributed by atoms with Crippen LogP contribution in [0, 0.1) is 10.1 Å². The van der Waals surface area contributed by atoms with Gasteiger partial charge in [-0.3, -0.25) is 10.1 Å². The summed E-state index contributed by atoms with van der Waals surface area (Å²) < 4.78 is 0. The summed E-state index contributed by atoms with van der Waals surface area (Å²) in [5.41, 5.74) is 5.42. The third kappa shape index (κ3) is 4.96. The average molecular weight is 254 g/mol. The number of rotatable bonds is 8. The first kappa shape index (κ1) is 14.2. The summed E-state index contributed by atoms with van der Waals surface area (Å²) in [6.07, 6.45) is 3.70. The van der Waals surface area contributed by atoms with Crippen molar-refractivity contribution >= 4 is 17.3 Å². The van der Waals surface area contributed by atoms with Crippen molar-refractivity contribution in [2.75, 3.05) is 24.2 Å². The van der Waals surface area contributed by atoms with Crippen molar-refractivity contribution in [2.24, 2.45) is 0 Å². The van der Waals surface area contributed by atoms with Crippen molar-refractivity contribution in [3.05, 3.63) is 22.2 Å². The van der Waals surface area contributed by atoms with E-state index in [-0.39, 0.29) is 18.1 Å². The molecule has 0 radical (unpaired) electrons. The normalized spacial score (nSPS) is 10.3. The number of nitrogens with one attached hydrogen (secondary N) is 1. The van der Waals surface area contributed by atoms with Crippen molar-refractivity contribution in [1.82, 2.24) is 4.98 Å². The maximum Gasteiger partial charge on any atom is 0.276 e. The Bertz CT molecular complexity index is 398. The lowest BCUT2D eigenvalue weighted by atomic mass is 10.2. The molecular weight excluding hydrogens is 236 g/mol. The van der Waals surface area contributed by atoms with E-state index >= 15 is 0 Å². The van der Waals surface area contributed by atoms with Gasteiger partial charge in [-0.15, -0.1) is 0 Å². The van der Waals surface area contributed by atoms with Gasteiger partial charge in [-0.05, 0) is 12.8 Å². The number of anilines is 2. The molecule has 0 spiro atoms. The van der Waals surface area contributed by atoms with Crippen LogP contribution in [0.1, 0.15) is 25.7 Å². The Morgan fingerprint density at radius 1 is 1.33 bits per heavy atom. The number of nitro groups is 1. The van der Waals surface area contributed by atoms with Gasteiger partial charge >= 0.3 is 0 Å². The van der Waals surface area contributed by atoms with Gasteiger partial charge in [0.2, 0.25) is 0 Å². The number of aliphatic hydroxyl groups is 1. The second-order valence-corrected chi connectivity index (χ2v) is 3.96. The summed E-state index contributed by atoms with van der Waals surface area (Å²) in [5, 5.41) is 22.2. The molecule has 100 valence electrons. The van der Waals surface area contributed by atoms with Crippen LogP contribution in [0.2, 0.25) is 0 Å². The van der Waals surface area contributed by atoms with Crippen molar-refractivity contribution in [3.63, 3.8) is 0 Å². The number of nitrogen functional groups attached to an aromatic ring is 1. The van der Waals surface area contributed by atoms with E-state index in [0.717, 1.165) is 25.7 Å². The van der Waals surface area contributed by atoms with Crippen LogP contribution in [0.15, 0.2) is 12.1 Å². The molecule has 7 heteroatoms. The van der Waals surface area contributed by atoms with Crippen molar-refractivity contribution in [2.45, 2.75) is 25.7 Å². The fourth-order valence-corrected chi connectivity index (χ4v) is 1.54. The molecule has 0 aliphatic rings. The summed E-state index contributed by atoms with van der Waals surface area (Å²) in [5.74, 6) is 0.552. The predicted octanol–water partition coefficient (Wildman–Crippen LogP) is 1.54. The molecule has 0 bridgehead atoms. The Kier molecular flexibility index (Phi) is 5.86. The van der Waals surface area contributed by atoms with Crippen molar-refractivity contribution in [1.29, 1.82) is 0 Å². The minimum atomic E-state index is -0.496. The van der Waals surface area contributed by atoms with Crippen LogP contribution in [-0.2, 0) is 0 Å². The van der Waals surface area contributed by atoms with Gasteiger partial charge in [0.25, 0.3) is 5.69 Å². The van der Waals surface area contributed by atoms with Gasteiger partial charge < -0.3 is 16.2 Å². The Labute approximate surface area is 105 Å². The van der Waals surface area contributed by atoms with E-state index in [0.29, 0.717) is 12.4 Å². The molecule has 0 atom stereocenters. The lowest BCUT2D eigenvalue weighted by molar-refractivity contribution is -0.384. The van der Waals surface area contributed by atoms with Crippen molar-refractivity contribution in [3.8, 4) is 0 Å². The molecule has 1 rings (SSSR count). The van der Waals surface area contributed by atoms with Gasteiger partial charge in [-0.1, -0.05) is 12.8 Å². The Balaban J connectivity index is 2.40. The van der Waals surface area contributed by atoms with Crippen LogP contribution in [0.3, 0.4) is 0 Å². The lowest BCUT2D eigenvalue weighted by Crippen LogP contribution is -2.05. The maximum atomic E-state index is 10.6. The monoisotopic (exact) mass is 254 g/mol. The molecule has 4 N–H and O–H groups in total. The Morgan fingerprint density at radius 2 is 2.06 bits per heavy atom. The molecule has 0 fully saturated rings. The number of hydrogen-bond acceptors (Lipinski definition) is 6. The topological polar surface area (TPSA) is 114 Å². The minimum Gasteiger partial charge on any atom is -0.396 e. The number of pyridine rings is 1. The summed E-state index contributed by atoms with van der Waals surface area (Å²) >= 11 is 0. The van der Waals surface area contributed by atoms with E-state index in [1.165, 1.54) is 12.1 Å². The third-order valence-corrected chi connectivity index (χ3v) is 2.43. The van der Waals surface area contributed by atoms with Gasteiger partial charge in [0, 0.05) is 13.2 Å². The fraction of sp³-hybridized carbons (Fsp3) is 0.545. The van der Waals surface area contributed by atoms with Crippen molar-refractivity contribution < 1.29 is 10.0 Å². The summed E-state index contributed by atoms with van der Waals surface area (Å²) in [6, 6.07) is 2.59. The van der Waals surface area contributed by atoms with Gasteiger partial charge in [-0.25, -0.2) is 4.98 Å². The highest BCUT2D eigenvalue weighted by atomic mass is 16.6. The largest absolute Gasteiger partial charge is 0.396 e. The van der Waals surface area contributed by atoms with E-state index in [2.05, 4.69) is 10.3 Å². The second-order valence-electron chi connectivity index (χ2n) is 3.96. The fourth-order valence-electron chi connectivity index (χ4n) is 1.54. The number of nitrogens with two attached hydrogens (primary N) is 1. The van der Waals surface area contributed by atoms with Gasteiger partial charge in [0.15, 0.2) is 0 Å². The number of hydrogen-bond donors (Lipinski definition) is 3. The second kappa shape index (κ2) is 7.44. The average Bonchev–Trinajstić information content (AvgIpc) is 2.33. The number of nitrogens with zero attached hydrogens (tertiary/aromatic N) is 2. The Morgan fingerprint density at radius 3 is 2.72 bits per heavy atom. The first-order chi connectivity index (χ1) is 8.63. The summed E-state index contributed by atoms with van der Waals surface area (Å²) in [6.45, 7) is 0.898. The van der Waals surface area contributed by atoms with Gasteiger partial charge in [-0.2, -0.15) is 0 Å². The van der Waals surface area contributed by atoms with Crippen LogP contribution < -0.4 is 11.1 Å². The molecule has 7 nitrogen and oxygen atoms in total. The quantitative estimate of drug-likeness (QED) is 0.368. The summed E-state index contributed by atoms with van der Waals surface area (Å²) in [7, 11) is 0. The first-order valence-electron chi connectivity index (χ1n) is 5.90. The van der Waals surface area contributed by atoms with E-state index < -0.39 is 4.92 Å². The van der Waals surface area contributed by atoms with Crippen LogP contribution in [0.25, 0.3) is 0 Å². The Hall–Kier alpha value is -1.89. The standard InChI is InChI=1S/C11H18N4O3/c12-10-7-9(15(17)18)8-11(14-10)13-5-3-1-2-4-6-16/h7-8,16H,1-6H2,(H3,12,13,14). The molecular formula is C11H18N4O3. The molecule has 0 aromatic carbocycles. The zero-order chi connectivity index (χ0) is 13.4. The summed E-state index contributed by atoms with van der Waals surface area (Å²) in [4.78, 5) is 14.1. The van der Waals surface area contributed by atoms with Crippen LogP contribution in [0.4, 0.5) is 17.3 Å². The molecule has 1 aromatic rings. The van der Waals surface area contributed by atoms with Crippen LogP contribution in [0.5, 0.6) is 0 Å². The highest BCUT2D eigenvalue weighted by molar-refractivity contribution is 5.52. The van der Waals surface area contributed by atoms with E-state index in [4.69, 9.17) is 10.8 Å². The zero-order valence-electron chi connectivity index (χ0n) is 10.1. The molecule has 18 heavy (non-hydrogen) atoms. The third-order valence-electron chi connectivity index (χ3n) is 2.43. The molecule has 0 amide bonds. The van der Waals surface area contributed by atoms with E-state index in [1.807, 2.05) is 0 Å². The first-order valence-corrected chi connectivity index (χ1v) is 5.90. The van der Waals surface area contributed by atoms with Gasteiger partial charge in [0.1, 0.15) is 11.6 Å². The molecule has 1 heterocycles. The van der Waals surface area contributed by atoms with Crippen LogP contribution in [-0.4, -0.2) is 28.2 Å². The SMILES string of the molecule is Nc1cc([N+](=O)[O-])cc(NCCCCCCO)n1. The molecule has 0 unspecified atom stereocenters. The highest BCUT2D eigenvalue weighted by Crippen LogP contribution is 2.18. The highest BCUT2D eigenvalue weighted by Gasteiger charge is 2.09.